The monoisotopic (exact) mass is 560 g/mol. The lowest BCUT2D eigenvalue weighted by Crippen LogP contribution is -2.35. The third-order valence-electron chi connectivity index (χ3n) is 7.27. The molecule has 0 unspecified atom stereocenters. The lowest BCUT2D eigenvalue weighted by molar-refractivity contribution is 0.0774. The van der Waals surface area contributed by atoms with E-state index in [1.807, 2.05) is 42.3 Å². The van der Waals surface area contributed by atoms with E-state index < -0.39 is 0 Å². The Morgan fingerprint density at radius 2 is 1.80 bits per heavy atom. The van der Waals surface area contributed by atoms with Crippen molar-refractivity contribution in [3.05, 3.63) is 81.9 Å². The van der Waals surface area contributed by atoms with E-state index in [4.69, 9.17) is 25.8 Å². The SMILES string of the molecule is COc1cc2c(cc1OCCCCCOc1c(C)cc(Cl)cc1C(=O)c1ccccc1)N=C[C@@H]1CCCN1C2=O. The van der Waals surface area contributed by atoms with Crippen LogP contribution in [0.25, 0.3) is 0 Å². The van der Waals surface area contributed by atoms with Crippen molar-refractivity contribution < 1.29 is 23.8 Å². The molecular formula is C32H33ClN2O5. The van der Waals surface area contributed by atoms with E-state index in [2.05, 4.69) is 4.99 Å². The molecule has 0 radical (unpaired) electrons. The fraction of sp³-hybridized carbons (Fsp3) is 0.344. The fourth-order valence-corrected chi connectivity index (χ4v) is 5.47. The zero-order chi connectivity index (χ0) is 28.1. The van der Waals surface area contributed by atoms with E-state index in [0.29, 0.717) is 57.9 Å². The lowest BCUT2D eigenvalue weighted by Gasteiger charge is -2.20. The number of unbranched alkanes of at least 4 members (excludes halogenated alkanes) is 2. The number of halogens is 1. The van der Waals surface area contributed by atoms with Crippen LogP contribution in [0.4, 0.5) is 5.69 Å². The van der Waals surface area contributed by atoms with Crippen LogP contribution < -0.4 is 14.2 Å². The zero-order valence-corrected chi connectivity index (χ0v) is 23.6. The fourth-order valence-electron chi connectivity index (χ4n) is 5.19. The molecule has 0 N–H and O–H groups in total. The number of fused-ring (bicyclic) bond motifs is 2. The Balaban J connectivity index is 1.15. The van der Waals surface area contributed by atoms with Crippen molar-refractivity contribution in [1.29, 1.82) is 0 Å². The van der Waals surface area contributed by atoms with Crippen LogP contribution in [-0.2, 0) is 0 Å². The molecular weight excluding hydrogens is 528 g/mol. The molecule has 1 atom stereocenters. The summed E-state index contributed by atoms with van der Waals surface area (Å²) in [7, 11) is 1.57. The van der Waals surface area contributed by atoms with E-state index in [1.165, 1.54) is 0 Å². The van der Waals surface area contributed by atoms with Gasteiger partial charge in [-0.05, 0) is 62.8 Å². The average Bonchev–Trinajstić information content (AvgIpc) is 3.40. The van der Waals surface area contributed by atoms with Crippen LogP contribution in [0.2, 0.25) is 5.02 Å². The first-order chi connectivity index (χ1) is 19.5. The number of methoxy groups -OCH3 is 1. The summed E-state index contributed by atoms with van der Waals surface area (Å²) in [6, 6.07) is 16.2. The minimum Gasteiger partial charge on any atom is -0.493 e. The molecule has 0 bridgehead atoms. The van der Waals surface area contributed by atoms with Gasteiger partial charge in [0.15, 0.2) is 17.3 Å². The number of nitrogens with zero attached hydrogens (tertiary/aromatic N) is 2. The Hall–Kier alpha value is -3.84. The van der Waals surface area contributed by atoms with Crippen LogP contribution in [0.1, 0.15) is 63.9 Å². The zero-order valence-electron chi connectivity index (χ0n) is 22.8. The normalized spacial score (nSPS) is 15.8. The Morgan fingerprint density at radius 1 is 1.02 bits per heavy atom. The number of benzene rings is 3. The van der Waals surface area contributed by atoms with Gasteiger partial charge in [0.2, 0.25) is 0 Å². The summed E-state index contributed by atoms with van der Waals surface area (Å²) in [5.41, 5.74) is 3.05. The number of aryl methyl sites for hydroxylation is 1. The highest BCUT2D eigenvalue weighted by Crippen LogP contribution is 2.38. The third-order valence-corrected chi connectivity index (χ3v) is 7.49. The summed E-state index contributed by atoms with van der Waals surface area (Å²) in [6.45, 7) is 3.60. The first-order valence-corrected chi connectivity index (χ1v) is 14.1. The highest BCUT2D eigenvalue weighted by atomic mass is 35.5. The number of amides is 1. The molecule has 2 aliphatic rings. The topological polar surface area (TPSA) is 77.4 Å². The summed E-state index contributed by atoms with van der Waals surface area (Å²) in [4.78, 5) is 32.6. The van der Waals surface area contributed by atoms with Crippen molar-refractivity contribution >= 4 is 35.2 Å². The number of hydrogen-bond acceptors (Lipinski definition) is 6. The maximum absolute atomic E-state index is 13.1. The number of rotatable bonds is 11. The number of hydrogen-bond donors (Lipinski definition) is 0. The second-order valence-corrected chi connectivity index (χ2v) is 10.5. The van der Waals surface area contributed by atoms with Crippen molar-refractivity contribution in [3.63, 3.8) is 0 Å². The number of carbonyl (C=O) groups excluding carboxylic acids is 2. The first kappa shape index (κ1) is 27.7. The predicted octanol–water partition coefficient (Wildman–Crippen LogP) is 6.84. The molecule has 1 saturated heterocycles. The molecule has 2 heterocycles. The smallest absolute Gasteiger partial charge is 0.256 e. The molecule has 1 fully saturated rings. The predicted molar refractivity (Wildman–Crippen MR) is 156 cm³/mol. The second kappa shape index (κ2) is 12.6. The molecule has 0 aromatic heterocycles. The Morgan fingerprint density at radius 3 is 2.58 bits per heavy atom. The third kappa shape index (κ3) is 5.99. The van der Waals surface area contributed by atoms with Gasteiger partial charge >= 0.3 is 0 Å². The summed E-state index contributed by atoms with van der Waals surface area (Å²) in [5, 5.41) is 0.505. The average molecular weight is 561 g/mol. The quantitative estimate of drug-likeness (QED) is 0.190. The van der Waals surface area contributed by atoms with Crippen molar-refractivity contribution in [2.75, 3.05) is 26.9 Å². The minimum atomic E-state index is -0.115. The summed E-state index contributed by atoms with van der Waals surface area (Å²) < 4.78 is 17.7. The maximum Gasteiger partial charge on any atom is 0.256 e. The summed E-state index contributed by atoms with van der Waals surface area (Å²) >= 11 is 6.26. The van der Waals surface area contributed by atoms with E-state index in [-0.39, 0.29) is 17.7 Å². The van der Waals surface area contributed by atoms with Gasteiger partial charge in [-0.3, -0.25) is 14.6 Å². The van der Waals surface area contributed by atoms with Crippen LogP contribution >= 0.6 is 11.6 Å². The molecule has 8 heteroatoms. The molecule has 0 saturated carbocycles. The molecule has 0 aliphatic carbocycles. The van der Waals surface area contributed by atoms with Crippen molar-refractivity contribution in [2.45, 2.75) is 45.1 Å². The standard InChI is InChI=1S/C32H33ClN2O5/c1-21-16-23(33)17-26(30(36)22-10-5-3-6-11-22)31(21)40-15-8-4-7-14-39-29-19-27-25(18-28(29)38-2)32(37)35-13-9-12-24(35)20-34-27/h3,5-6,10-11,16-20,24H,4,7-9,12-15H2,1-2H3/t24-/m0/s1. The molecule has 40 heavy (non-hydrogen) atoms. The minimum absolute atomic E-state index is 0.00981. The number of ether oxygens (including phenoxy) is 3. The number of carbonyl (C=O) groups is 2. The highest BCUT2D eigenvalue weighted by molar-refractivity contribution is 6.31. The number of aliphatic imine (C=N–C) groups is 1. The van der Waals surface area contributed by atoms with Crippen LogP contribution in [0, 0.1) is 6.92 Å². The molecule has 1 amide bonds. The van der Waals surface area contributed by atoms with Gasteiger partial charge in [-0.2, -0.15) is 0 Å². The Labute approximate surface area is 239 Å². The van der Waals surface area contributed by atoms with Gasteiger partial charge in [0, 0.05) is 29.4 Å². The van der Waals surface area contributed by atoms with Gasteiger partial charge in [0.1, 0.15) is 5.75 Å². The van der Waals surface area contributed by atoms with Gasteiger partial charge < -0.3 is 19.1 Å². The highest BCUT2D eigenvalue weighted by Gasteiger charge is 2.32. The van der Waals surface area contributed by atoms with Gasteiger partial charge in [-0.25, -0.2) is 0 Å². The summed E-state index contributed by atoms with van der Waals surface area (Å²) in [5.74, 6) is 1.54. The Bertz CT molecular complexity index is 1420. The summed E-state index contributed by atoms with van der Waals surface area (Å²) in [6.07, 6.45) is 6.27. The molecule has 3 aromatic carbocycles. The molecule has 7 nitrogen and oxygen atoms in total. The lowest BCUT2D eigenvalue weighted by atomic mass is 10.0. The molecule has 2 aliphatic heterocycles. The molecule has 3 aromatic rings. The second-order valence-electron chi connectivity index (χ2n) is 10.1. The van der Waals surface area contributed by atoms with Crippen molar-refractivity contribution in [1.82, 2.24) is 4.90 Å². The van der Waals surface area contributed by atoms with Crippen LogP contribution in [0.3, 0.4) is 0 Å². The van der Waals surface area contributed by atoms with Gasteiger partial charge in [-0.15, -0.1) is 0 Å². The van der Waals surface area contributed by atoms with Gasteiger partial charge in [0.25, 0.3) is 5.91 Å². The maximum atomic E-state index is 13.1. The first-order valence-electron chi connectivity index (χ1n) is 13.7. The largest absolute Gasteiger partial charge is 0.493 e. The molecule has 208 valence electrons. The van der Waals surface area contributed by atoms with Crippen molar-refractivity contribution in [2.24, 2.45) is 4.99 Å². The molecule has 0 spiro atoms. The van der Waals surface area contributed by atoms with Gasteiger partial charge in [-0.1, -0.05) is 41.9 Å². The number of ketones is 1. The van der Waals surface area contributed by atoms with Crippen LogP contribution in [-0.4, -0.2) is 55.7 Å². The Kier molecular flexibility index (Phi) is 8.70. The molecule has 5 rings (SSSR count). The van der Waals surface area contributed by atoms with E-state index >= 15 is 0 Å². The van der Waals surface area contributed by atoms with Crippen LogP contribution in [0.5, 0.6) is 17.2 Å². The van der Waals surface area contributed by atoms with E-state index in [0.717, 1.165) is 44.2 Å². The van der Waals surface area contributed by atoms with Crippen LogP contribution in [0.15, 0.2) is 59.6 Å². The van der Waals surface area contributed by atoms with Crippen molar-refractivity contribution in [3.8, 4) is 17.2 Å². The van der Waals surface area contributed by atoms with Gasteiger partial charge in [0.05, 0.1) is 43.2 Å². The van der Waals surface area contributed by atoms with E-state index in [9.17, 15) is 9.59 Å². The van der Waals surface area contributed by atoms with E-state index in [1.54, 1.807) is 37.4 Å².